The van der Waals surface area contributed by atoms with Crippen LogP contribution in [0.15, 0.2) is 24.4 Å². The van der Waals surface area contributed by atoms with Crippen LogP contribution in [0.5, 0.6) is 0 Å². The fraction of sp³-hybridized carbons (Fsp3) is 0.333. The van der Waals surface area contributed by atoms with Crippen LogP contribution in [0.1, 0.15) is 19.4 Å². The van der Waals surface area contributed by atoms with Gasteiger partial charge in [-0.1, -0.05) is 17.7 Å². The van der Waals surface area contributed by atoms with Crippen LogP contribution in [0.4, 0.5) is 0 Å². The summed E-state index contributed by atoms with van der Waals surface area (Å²) in [7, 11) is 1.98. The van der Waals surface area contributed by atoms with E-state index in [0.29, 0.717) is 0 Å². The van der Waals surface area contributed by atoms with Crippen molar-refractivity contribution in [2.75, 3.05) is 0 Å². The standard InChI is InChI=1S/C12H15ClN2O/c1-12(2,16-14)10-7-15(3)11-6-8(13)4-5-9(10)11/h4-7H,14H2,1-3H3. The quantitative estimate of drug-likeness (QED) is 0.818. The largest absolute Gasteiger partial charge is 0.350 e. The molecule has 86 valence electrons. The Morgan fingerprint density at radius 3 is 2.69 bits per heavy atom. The van der Waals surface area contributed by atoms with Crippen molar-refractivity contribution < 1.29 is 4.84 Å². The van der Waals surface area contributed by atoms with Gasteiger partial charge in [-0.05, 0) is 26.0 Å². The number of benzene rings is 1. The number of hydrogen-bond acceptors (Lipinski definition) is 2. The lowest BCUT2D eigenvalue weighted by Gasteiger charge is -2.21. The van der Waals surface area contributed by atoms with E-state index >= 15 is 0 Å². The molecular formula is C12H15ClN2O. The van der Waals surface area contributed by atoms with Crippen LogP contribution >= 0.6 is 11.6 Å². The van der Waals surface area contributed by atoms with Crippen molar-refractivity contribution in [1.29, 1.82) is 0 Å². The molecule has 0 aliphatic rings. The summed E-state index contributed by atoms with van der Waals surface area (Å²) < 4.78 is 2.03. The Labute approximate surface area is 99.7 Å². The van der Waals surface area contributed by atoms with Gasteiger partial charge in [-0.3, -0.25) is 4.84 Å². The second-order valence-corrected chi connectivity index (χ2v) is 4.88. The number of aromatic nitrogens is 1. The van der Waals surface area contributed by atoms with Crippen LogP contribution in [0.2, 0.25) is 5.02 Å². The molecule has 0 radical (unpaired) electrons. The molecule has 1 heterocycles. The Morgan fingerprint density at radius 1 is 1.38 bits per heavy atom. The summed E-state index contributed by atoms with van der Waals surface area (Å²) in [4.78, 5) is 5.03. The number of halogens is 1. The van der Waals surface area contributed by atoms with Crippen molar-refractivity contribution in [3.8, 4) is 0 Å². The Hall–Kier alpha value is -1.03. The highest BCUT2D eigenvalue weighted by atomic mass is 35.5. The number of aryl methyl sites for hydroxylation is 1. The second kappa shape index (κ2) is 3.77. The first-order chi connectivity index (χ1) is 7.45. The summed E-state index contributed by atoms with van der Waals surface area (Å²) >= 11 is 5.98. The van der Waals surface area contributed by atoms with E-state index in [4.69, 9.17) is 22.3 Å². The topological polar surface area (TPSA) is 40.2 Å². The maximum atomic E-state index is 5.98. The Morgan fingerprint density at radius 2 is 2.06 bits per heavy atom. The molecule has 0 saturated carbocycles. The molecule has 2 aromatic rings. The van der Waals surface area contributed by atoms with Gasteiger partial charge in [0.25, 0.3) is 0 Å². The van der Waals surface area contributed by atoms with E-state index in [0.717, 1.165) is 21.5 Å². The molecule has 2 rings (SSSR count). The van der Waals surface area contributed by atoms with Gasteiger partial charge >= 0.3 is 0 Å². The van der Waals surface area contributed by atoms with Crippen molar-refractivity contribution in [2.45, 2.75) is 19.4 Å². The number of hydrogen-bond donors (Lipinski definition) is 1. The molecule has 3 nitrogen and oxygen atoms in total. The van der Waals surface area contributed by atoms with Gasteiger partial charge in [-0.15, -0.1) is 0 Å². The normalized spacial score (nSPS) is 12.3. The maximum absolute atomic E-state index is 5.98. The van der Waals surface area contributed by atoms with Crippen LogP contribution < -0.4 is 5.90 Å². The smallest absolute Gasteiger partial charge is 0.111 e. The monoisotopic (exact) mass is 238 g/mol. The summed E-state index contributed by atoms with van der Waals surface area (Å²) in [5.41, 5.74) is 1.63. The van der Waals surface area contributed by atoms with Gasteiger partial charge in [0.05, 0.1) is 0 Å². The van der Waals surface area contributed by atoms with Crippen molar-refractivity contribution in [2.24, 2.45) is 12.9 Å². The van der Waals surface area contributed by atoms with E-state index in [1.165, 1.54) is 0 Å². The lowest BCUT2D eigenvalue weighted by atomic mass is 9.98. The number of nitrogens with two attached hydrogens (primary N) is 1. The van der Waals surface area contributed by atoms with Gasteiger partial charge in [-0.2, -0.15) is 0 Å². The van der Waals surface area contributed by atoms with Gasteiger partial charge in [0, 0.05) is 34.7 Å². The average molecular weight is 239 g/mol. The molecule has 0 atom stereocenters. The van der Waals surface area contributed by atoms with Crippen molar-refractivity contribution in [3.05, 3.63) is 35.0 Å². The minimum Gasteiger partial charge on any atom is -0.350 e. The molecule has 16 heavy (non-hydrogen) atoms. The third-order valence-electron chi connectivity index (χ3n) is 2.90. The van der Waals surface area contributed by atoms with E-state index in [1.807, 2.05) is 49.9 Å². The van der Waals surface area contributed by atoms with Gasteiger partial charge in [0.2, 0.25) is 0 Å². The molecule has 0 unspecified atom stereocenters. The molecule has 4 heteroatoms. The molecule has 1 aromatic carbocycles. The highest BCUT2D eigenvalue weighted by molar-refractivity contribution is 6.31. The molecule has 2 N–H and O–H groups in total. The van der Waals surface area contributed by atoms with E-state index in [9.17, 15) is 0 Å². The first-order valence-electron chi connectivity index (χ1n) is 5.08. The van der Waals surface area contributed by atoms with Crippen LogP contribution in [0, 0.1) is 0 Å². The minimum absolute atomic E-state index is 0.507. The molecular weight excluding hydrogens is 224 g/mol. The van der Waals surface area contributed by atoms with E-state index in [2.05, 4.69) is 0 Å². The highest BCUT2D eigenvalue weighted by Crippen LogP contribution is 2.32. The van der Waals surface area contributed by atoms with E-state index in [-0.39, 0.29) is 0 Å². The summed E-state index contributed by atoms with van der Waals surface area (Å²) in [6, 6.07) is 5.81. The molecule has 0 spiro atoms. The third kappa shape index (κ3) is 1.71. The van der Waals surface area contributed by atoms with Crippen molar-refractivity contribution in [3.63, 3.8) is 0 Å². The fourth-order valence-electron chi connectivity index (χ4n) is 1.90. The van der Waals surface area contributed by atoms with Crippen LogP contribution in [0.25, 0.3) is 10.9 Å². The van der Waals surface area contributed by atoms with Crippen LogP contribution in [-0.2, 0) is 17.5 Å². The number of fused-ring (bicyclic) bond motifs is 1. The van der Waals surface area contributed by atoms with Gasteiger partial charge in [0.15, 0.2) is 0 Å². The summed E-state index contributed by atoms with van der Waals surface area (Å²) in [6.45, 7) is 3.88. The van der Waals surface area contributed by atoms with E-state index < -0.39 is 5.60 Å². The lowest BCUT2D eigenvalue weighted by molar-refractivity contribution is -0.0226. The summed E-state index contributed by atoms with van der Waals surface area (Å²) in [5, 5.41) is 1.84. The predicted octanol–water partition coefficient (Wildman–Crippen LogP) is 2.96. The molecule has 0 aliphatic carbocycles. The third-order valence-corrected chi connectivity index (χ3v) is 3.13. The zero-order valence-corrected chi connectivity index (χ0v) is 10.4. The van der Waals surface area contributed by atoms with Crippen LogP contribution in [0.3, 0.4) is 0 Å². The highest BCUT2D eigenvalue weighted by Gasteiger charge is 2.25. The first-order valence-corrected chi connectivity index (χ1v) is 5.46. The summed E-state index contributed by atoms with van der Waals surface area (Å²) in [5.74, 6) is 5.33. The SMILES string of the molecule is Cn1cc(C(C)(C)ON)c2ccc(Cl)cc21. The first kappa shape index (κ1) is 11.5. The Bertz CT molecular complexity index is 531. The molecule has 0 aliphatic heterocycles. The predicted molar refractivity (Wildman–Crippen MR) is 66.2 cm³/mol. The van der Waals surface area contributed by atoms with Crippen molar-refractivity contribution in [1.82, 2.24) is 4.57 Å². The maximum Gasteiger partial charge on any atom is 0.111 e. The van der Waals surface area contributed by atoms with E-state index in [1.54, 1.807) is 0 Å². The molecule has 1 aromatic heterocycles. The van der Waals surface area contributed by atoms with Crippen LogP contribution in [-0.4, -0.2) is 4.57 Å². The Balaban J connectivity index is 2.73. The number of rotatable bonds is 2. The molecule has 0 bridgehead atoms. The van der Waals surface area contributed by atoms with Gasteiger partial charge in [-0.25, -0.2) is 5.90 Å². The Kier molecular flexibility index (Phi) is 2.70. The van der Waals surface area contributed by atoms with Crippen molar-refractivity contribution >= 4 is 22.5 Å². The number of nitrogens with zero attached hydrogens (tertiary/aromatic N) is 1. The minimum atomic E-state index is -0.507. The molecule has 0 amide bonds. The van der Waals surface area contributed by atoms with Gasteiger partial charge < -0.3 is 4.57 Å². The fourth-order valence-corrected chi connectivity index (χ4v) is 2.07. The molecule has 0 fully saturated rings. The zero-order chi connectivity index (χ0) is 11.9. The zero-order valence-electron chi connectivity index (χ0n) is 9.62. The molecule has 0 saturated heterocycles. The lowest BCUT2D eigenvalue weighted by Crippen LogP contribution is -2.24. The summed E-state index contributed by atoms with van der Waals surface area (Å²) in [6.07, 6.45) is 2.02. The van der Waals surface area contributed by atoms with Gasteiger partial charge in [0.1, 0.15) is 5.60 Å². The second-order valence-electron chi connectivity index (χ2n) is 4.44. The average Bonchev–Trinajstić information content (AvgIpc) is 2.57.